The highest BCUT2D eigenvalue weighted by molar-refractivity contribution is 5.94. The molecular formula is C20H26N3O2+. The molecule has 0 heterocycles. The summed E-state index contributed by atoms with van der Waals surface area (Å²) >= 11 is 0. The molecule has 0 fully saturated rings. The van der Waals surface area contributed by atoms with Crippen LogP contribution in [0.5, 0.6) is 0 Å². The molecule has 5 nitrogen and oxygen atoms in total. The van der Waals surface area contributed by atoms with Crippen molar-refractivity contribution in [3.8, 4) is 0 Å². The van der Waals surface area contributed by atoms with Crippen LogP contribution in [0.15, 0.2) is 42.5 Å². The Morgan fingerprint density at radius 2 is 1.36 bits per heavy atom. The monoisotopic (exact) mass is 340 g/mol. The van der Waals surface area contributed by atoms with Crippen molar-refractivity contribution in [1.82, 2.24) is 0 Å². The van der Waals surface area contributed by atoms with E-state index >= 15 is 0 Å². The molecule has 3 N–H and O–H groups in total. The quantitative estimate of drug-likeness (QED) is 0.750. The molecule has 2 rings (SSSR count). The first kappa shape index (κ1) is 18.7. The van der Waals surface area contributed by atoms with Crippen LogP contribution in [0.1, 0.15) is 16.7 Å². The van der Waals surface area contributed by atoms with Crippen LogP contribution in [-0.2, 0) is 9.59 Å². The molecule has 2 aromatic rings. The van der Waals surface area contributed by atoms with E-state index in [4.69, 9.17) is 0 Å². The van der Waals surface area contributed by atoms with Crippen molar-refractivity contribution in [3.63, 3.8) is 0 Å². The maximum Gasteiger partial charge on any atom is 0.279 e. The van der Waals surface area contributed by atoms with Crippen molar-refractivity contribution in [2.75, 3.05) is 30.8 Å². The van der Waals surface area contributed by atoms with Crippen molar-refractivity contribution in [3.05, 3.63) is 59.2 Å². The van der Waals surface area contributed by atoms with Gasteiger partial charge >= 0.3 is 0 Å². The van der Waals surface area contributed by atoms with Crippen molar-refractivity contribution in [1.29, 1.82) is 0 Å². The Kier molecular flexibility index (Phi) is 6.31. The second-order valence-corrected chi connectivity index (χ2v) is 6.54. The normalized spacial score (nSPS) is 11.7. The van der Waals surface area contributed by atoms with Crippen LogP contribution < -0.4 is 15.5 Å². The lowest BCUT2D eigenvalue weighted by atomic mass is 10.1. The molecule has 1 atom stereocenters. The summed E-state index contributed by atoms with van der Waals surface area (Å²) in [6.07, 6.45) is 0. The Bertz CT molecular complexity index is 734. The Balaban J connectivity index is 1.84. The maximum absolute atomic E-state index is 12.2. The highest BCUT2D eigenvalue weighted by Crippen LogP contribution is 2.18. The number of para-hydroxylation sites is 1. The third-order valence-electron chi connectivity index (χ3n) is 4.01. The maximum atomic E-state index is 12.2. The van der Waals surface area contributed by atoms with E-state index in [0.717, 1.165) is 33.0 Å². The van der Waals surface area contributed by atoms with Gasteiger partial charge in [-0.15, -0.1) is 0 Å². The third kappa shape index (κ3) is 5.72. The minimum atomic E-state index is -0.110. The van der Waals surface area contributed by atoms with Gasteiger partial charge in [0.1, 0.15) is 0 Å². The second-order valence-electron chi connectivity index (χ2n) is 6.54. The first-order valence-corrected chi connectivity index (χ1v) is 8.39. The van der Waals surface area contributed by atoms with Gasteiger partial charge in [0, 0.05) is 11.4 Å². The summed E-state index contributed by atoms with van der Waals surface area (Å²) in [6.45, 7) is 6.39. The number of hydrogen-bond acceptors (Lipinski definition) is 2. The number of likely N-dealkylation sites (N-methyl/N-ethyl adjacent to an activating group) is 1. The summed E-state index contributed by atoms with van der Waals surface area (Å²) in [6, 6.07) is 13.5. The summed E-state index contributed by atoms with van der Waals surface area (Å²) in [7, 11) is 1.83. The van der Waals surface area contributed by atoms with Gasteiger partial charge in [0.25, 0.3) is 11.8 Å². The molecule has 0 radical (unpaired) electrons. The molecule has 0 saturated heterocycles. The number of quaternary nitrogens is 1. The van der Waals surface area contributed by atoms with E-state index in [2.05, 4.69) is 10.6 Å². The lowest BCUT2D eigenvalue weighted by molar-refractivity contribution is -0.862. The Morgan fingerprint density at radius 1 is 0.840 bits per heavy atom. The largest absolute Gasteiger partial charge is 0.322 e. The molecule has 2 aromatic carbocycles. The van der Waals surface area contributed by atoms with Gasteiger partial charge in [-0.25, -0.2) is 0 Å². The molecule has 0 saturated carbocycles. The van der Waals surface area contributed by atoms with Crippen molar-refractivity contribution >= 4 is 23.2 Å². The van der Waals surface area contributed by atoms with Crippen LogP contribution in [0, 0.1) is 20.8 Å². The van der Waals surface area contributed by atoms with E-state index in [1.54, 1.807) is 0 Å². The van der Waals surface area contributed by atoms with Crippen molar-refractivity contribution < 1.29 is 14.5 Å². The summed E-state index contributed by atoms with van der Waals surface area (Å²) in [5, 5.41) is 5.80. The summed E-state index contributed by atoms with van der Waals surface area (Å²) < 4.78 is 0. The van der Waals surface area contributed by atoms with Gasteiger partial charge in [-0.1, -0.05) is 35.9 Å². The lowest BCUT2D eigenvalue weighted by Gasteiger charge is -2.15. The summed E-state index contributed by atoms with van der Waals surface area (Å²) in [5.41, 5.74) is 4.82. The molecule has 0 aliphatic carbocycles. The van der Waals surface area contributed by atoms with Gasteiger partial charge in [-0.2, -0.15) is 0 Å². The van der Waals surface area contributed by atoms with Gasteiger partial charge in [-0.3, -0.25) is 9.59 Å². The van der Waals surface area contributed by atoms with Crippen LogP contribution in [-0.4, -0.2) is 32.0 Å². The van der Waals surface area contributed by atoms with Gasteiger partial charge in [-0.05, 0) is 44.0 Å². The third-order valence-corrected chi connectivity index (χ3v) is 4.01. The topological polar surface area (TPSA) is 62.6 Å². The number of aryl methyl sites for hydroxylation is 3. The second kappa shape index (κ2) is 8.44. The van der Waals surface area contributed by atoms with Gasteiger partial charge in [0.05, 0.1) is 7.05 Å². The Morgan fingerprint density at radius 3 is 1.92 bits per heavy atom. The Labute approximate surface area is 149 Å². The van der Waals surface area contributed by atoms with E-state index in [1.807, 2.05) is 70.3 Å². The molecule has 0 spiro atoms. The van der Waals surface area contributed by atoms with Crippen LogP contribution in [0.25, 0.3) is 0 Å². The minimum Gasteiger partial charge on any atom is -0.322 e. The van der Waals surface area contributed by atoms with Crippen LogP contribution in [0.2, 0.25) is 0 Å². The average Bonchev–Trinajstić information content (AvgIpc) is 2.53. The minimum absolute atomic E-state index is 0.0990. The van der Waals surface area contributed by atoms with E-state index in [1.165, 1.54) is 0 Å². The van der Waals surface area contributed by atoms with Crippen LogP contribution in [0.3, 0.4) is 0 Å². The molecule has 0 bridgehead atoms. The van der Waals surface area contributed by atoms with Gasteiger partial charge in [0.15, 0.2) is 13.1 Å². The smallest absolute Gasteiger partial charge is 0.279 e. The predicted octanol–water partition coefficient (Wildman–Crippen LogP) is 1.70. The average molecular weight is 340 g/mol. The molecule has 5 heteroatoms. The van der Waals surface area contributed by atoms with Gasteiger partial charge in [0.2, 0.25) is 0 Å². The molecular weight excluding hydrogens is 314 g/mol. The fourth-order valence-electron chi connectivity index (χ4n) is 2.65. The van der Waals surface area contributed by atoms with E-state index in [9.17, 15) is 9.59 Å². The first-order valence-electron chi connectivity index (χ1n) is 8.39. The van der Waals surface area contributed by atoms with Crippen LogP contribution in [0.4, 0.5) is 11.4 Å². The molecule has 132 valence electrons. The standard InChI is InChI=1S/C20H25N3O2/c1-14-8-10-17(11-9-14)21-18(24)12-23(4)13-19(25)22-20-15(2)6-5-7-16(20)3/h5-11H,12-13H2,1-4H3,(H,21,24)(H,22,25)/p+1. The predicted molar refractivity (Wildman–Crippen MR) is 101 cm³/mol. The number of nitrogens with one attached hydrogen (secondary N) is 3. The number of anilines is 2. The first-order chi connectivity index (χ1) is 11.8. The number of carbonyl (C=O) groups is 2. The van der Waals surface area contributed by atoms with E-state index in [-0.39, 0.29) is 24.9 Å². The zero-order chi connectivity index (χ0) is 18.4. The number of rotatable bonds is 6. The zero-order valence-electron chi connectivity index (χ0n) is 15.3. The fourth-order valence-corrected chi connectivity index (χ4v) is 2.65. The highest BCUT2D eigenvalue weighted by atomic mass is 16.2. The van der Waals surface area contributed by atoms with Crippen molar-refractivity contribution in [2.45, 2.75) is 20.8 Å². The van der Waals surface area contributed by atoms with E-state index in [0.29, 0.717) is 0 Å². The van der Waals surface area contributed by atoms with E-state index < -0.39 is 0 Å². The number of amides is 2. The van der Waals surface area contributed by atoms with Gasteiger partial charge < -0.3 is 15.5 Å². The molecule has 25 heavy (non-hydrogen) atoms. The summed E-state index contributed by atoms with van der Waals surface area (Å²) in [4.78, 5) is 25.2. The van der Waals surface area contributed by atoms with Crippen LogP contribution >= 0.6 is 0 Å². The Hall–Kier alpha value is -2.66. The molecule has 2 amide bonds. The molecule has 0 aromatic heterocycles. The molecule has 0 aliphatic rings. The number of carbonyl (C=O) groups excluding carboxylic acids is 2. The SMILES string of the molecule is Cc1ccc(NC(=O)C[NH+](C)CC(=O)Nc2c(C)cccc2C)cc1. The number of hydrogen-bond donors (Lipinski definition) is 3. The number of benzene rings is 2. The highest BCUT2D eigenvalue weighted by Gasteiger charge is 2.15. The fraction of sp³-hybridized carbons (Fsp3) is 0.300. The zero-order valence-corrected chi connectivity index (χ0v) is 15.3. The summed E-state index contributed by atoms with van der Waals surface area (Å²) in [5.74, 6) is -0.209. The van der Waals surface area contributed by atoms with Crippen molar-refractivity contribution in [2.24, 2.45) is 0 Å². The molecule has 0 aliphatic heterocycles. The lowest BCUT2D eigenvalue weighted by Crippen LogP contribution is -3.11. The molecule has 1 unspecified atom stereocenters.